The van der Waals surface area contributed by atoms with Crippen LogP contribution in [0.4, 0.5) is 0 Å². The number of nitrogens with one attached hydrogen (secondary N) is 1. The molecule has 0 fully saturated rings. The van der Waals surface area contributed by atoms with Crippen LogP contribution in [-0.4, -0.2) is 5.91 Å². The zero-order valence-electron chi connectivity index (χ0n) is 7.29. The molecule has 0 aromatic heterocycles. The van der Waals surface area contributed by atoms with E-state index in [9.17, 15) is 4.79 Å². The topological polar surface area (TPSA) is 29.1 Å². The Bertz CT molecular complexity index is 300. The number of amides is 1. The fraction of sp³-hybridized carbons (Fsp3) is 0.0909. The Morgan fingerprint density at radius 1 is 1.46 bits per heavy atom. The molecule has 2 heteroatoms. The van der Waals surface area contributed by atoms with Crippen molar-refractivity contribution in [1.29, 1.82) is 0 Å². The molecule has 1 rings (SSSR count). The molecule has 1 aromatic carbocycles. The molecule has 0 heterocycles. The molecule has 2 nitrogen and oxygen atoms in total. The monoisotopic (exact) mass is 173 g/mol. The molecule has 0 saturated heterocycles. The van der Waals surface area contributed by atoms with Gasteiger partial charge in [0, 0.05) is 6.54 Å². The second-order valence-corrected chi connectivity index (χ2v) is 2.66. The van der Waals surface area contributed by atoms with Crippen LogP contribution in [0, 0.1) is 6.92 Å². The lowest BCUT2D eigenvalue weighted by Crippen LogP contribution is -2.19. The summed E-state index contributed by atoms with van der Waals surface area (Å²) < 4.78 is 0. The van der Waals surface area contributed by atoms with Crippen LogP contribution in [0.25, 0.3) is 0 Å². The highest BCUT2D eigenvalue weighted by Gasteiger charge is 1.94. The van der Waals surface area contributed by atoms with Crippen molar-refractivity contribution < 1.29 is 4.79 Å². The van der Waals surface area contributed by atoms with E-state index in [0.29, 0.717) is 6.54 Å². The zero-order chi connectivity index (χ0) is 9.68. The minimum Gasteiger partial charge on any atom is -0.348 e. The molecule has 0 bridgehead atoms. The van der Waals surface area contributed by atoms with Crippen molar-refractivity contribution in [3.8, 4) is 0 Å². The van der Waals surface area contributed by atoms with Crippen LogP contribution in [0.5, 0.6) is 0 Å². The Balaban J connectivity index is 2.50. The van der Waals surface area contributed by atoms with Gasteiger partial charge in [-0.25, -0.2) is 0 Å². The van der Waals surface area contributed by atoms with Crippen molar-refractivity contribution in [1.82, 2.24) is 5.32 Å². The van der Waals surface area contributed by atoms with Gasteiger partial charge in [-0.05, 0) is 24.1 Å². The van der Waals surface area contributed by atoms with E-state index in [0.717, 1.165) is 11.1 Å². The predicted molar refractivity (Wildman–Crippen MR) is 51.9 cm³/mol. The van der Waals surface area contributed by atoms with E-state index in [1.54, 1.807) is 12.1 Å². The highest BCUT2D eigenvalue weighted by Crippen LogP contribution is 2.02. The molecule has 1 aromatic rings. The first-order valence-electron chi connectivity index (χ1n) is 3.97. The smallest absolute Gasteiger partial charge is 0.243 e. The predicted octanol–water partition coefficient (Wildman–Crippen LogP) is 1.55. The zero-order valence-corrected chi connectivity index (χ0v) is 7.29. The van der Waals surface area contributed by atoms with Gasteiger partial charge in [-0.3, -0.25) is 4.79 Å². The Kier molecular flexibility index (Phi) is 3.26. The number of carbonyl (C=O) groups excluding carboxylic acids is 1. The first-order valence-corrected chi connectivity index (χ1v) is 3.97. The van der Waals surface area contributed by atoms with Gasteiger partial charge in [-0.15, -0.1) is 0 Å². The number of hydrogen-bond donors (Lipinski definition) is 1. The number of carbonyl (C=O) groups is 1. The van der Waals surface area contributed by atoms with E-state index < -0.39 is 0 Å². The van der Waals surface area contributed by atoms with Crippen LogP contribution in [0.3, 0.4) is 0 Å². The Morgan fingerprint density at radius 3 is 2.62 bits per heavy atom. The molecule has 0 atom stereocenters. The van der Waals surface area contributed by atoms with E-state index in [4.69, 9.17) is 6.92 Å². The normalized spacial score (nSPS) is 9.31. The van der Waals surface area contributed by atoms with Gasteiger partial charge in [0.1, 0.15) is 0 Å². The Morgan fingerprint density at radius 2 is 2.08 bits per heavy atom. The van der Waals surface area contributed by atoms with Crippen LogP contribution in [0.1, 0.15) is 11.1 Å². The van der Waals surface area contributed by atoms with Gasteiger partial charge in [-0.1, -0.05) is 30.8 Å². The maximum absolute atomic E-state index is 10.8. The van der Waals surface area contributed by atoms with E-state index in [1.165, 1.54) is 6.08 Å². The Labute approximate surface area is 78.3 Å². The molecular weight excluding hydrogens is 162 g/mol. The van der Waals surface area contributed by atoms with Crippen molar-refractivity contribution in [3.05, 3.63) is 55.0 Å². The third-order valence-corrected chi connectivity index (χ3v) is 1.63. The second-order valence-electron chi connectivity index (χ2n) is 2.66. The first-order chi connectivity index (χ1) is 6.22. The van der Waals surface area contributed by atoms with Gasteiger partial charge in [-0.2, -0.15) is 0 Å². The summed E-state index contributed by atoms with van der Waals surface area (Å²) in [6.45, 7) is 9.37. The summed E-state index contributed by atoms with van der Waals surface area (Å²) >= 11 is 0. The number of benzene rings is 1. The number of rotatable bonds is 3. The average Bonchev–Trinajstić information content (AvgIpc) is 2.16. The van der Waals surface area contributed by atoms with Crippen molar-refractivity contribution in [2.24, 2.45) is 0 Å². The minimum absolute atomic E-state index is 0.170. The fourth-order valence-electron chi connectivity index (χ4n) is 0.897. The summed E-state index contributed by atoms with van der Waals surface area (Å²) in [6.07, 6.45) is 1.25. The highest BCUT2D eigenvalue weighted by molar-refractivity contribution is 5.86. The van der Waals surface area contributed by atoms with Crippen molar-refractivity contribution in [3.63, 3.8) is 0 Å². The van der Waals surface area contributed by atoms with Gasteiger partial charge < -0.3 is 5.32 Å². The van der Waals surface area contributed by atoms with Gasteiger partial charge >= 0.3 is 0 Å². The maximum atomic E-state index is 10.8. The third kappa shape index (κ3) is 3.11. The van der Waals surface area contributed by atoms with Gasteiger partial charge in [0.15, 0.2) is 0 Å². The molecule has 0 aliphatic carbocycles. The molecule has 0 aliphatic heterocycles. The van der Waals surface area contributed by atoms with Crippen LogP contribution in [-0.2, 0) is 11.3 Å². The SMILES string of the molecule is [CH]c1ccc(CNC(=O)C=C)cc1. The minimum atomic E-state index is -0.170. The summed E-state index contributed by atoms with van der Waals surface area (Å²) in [6, 6.07) is 7.35. The largest absolute Gasteiger partial charge is 0.348 e. The molecule has 0 aliphatic rings. The lowest BCUT2D eigenvalue weighted by Gasteiger charge is -2.02. The molecule has 1 N–H and O–H groups in total. The lowest BCUT2D eigenvalue weighted by atomic mass is 10.1. The second kappa shape index (κ2) is 4.45. The molecule has 66 valence electrons. The molecule has 13 heavy (non-hydrogen) atoms. The summed E-state index contributed by atoms with van der Waals surface area (Å²) in [5.74, 6) is -0.170. The lowest BCUT2D eigenvalue weighted by molar-refractivity contribution is -0.116. The summed E-state index contributed by atoms with van der Waals surface area (Å²) in [4.78, 5) is 10.8. The molecule has 0 spiro atoms. The Hall–Kier alpha value is -1.57. The maximum Gasteiger partial charge on any atom is 0.243 e. The van der Waals surface area contributed by atoms with E-state index >= 15 is 0 Å². The van der Waals surface area contributed by atoms with Gasteiger partial charge in [0.25, 0.3) is 0 Å². The summed E-state index contributed by atoms with van der Waals surface area (Å²) in [5, 5.41) is 2.67. The molecular formula is C11H11NO. The summed E-state index contributed by atoms with van der Waals surface area (Å²) in [7, 11) is 0. The van der Waals surface area contributed by atoms with Crippen LogP contribution in [0.2, 0.25) is 0 Å². The summed E-state index contributed by atoms with van der Waals surface area (Å²) in [5.41, 5.74) is 1.74. The van der Waals surface area contributed by atoms with Crippen molar-refractivity contribution in [2.45, 2.75) is 6.54 Å². The molecule has 0 unspecified atom stereocenters. The van der Waals surface area contributed by atoms with Crippen LogP contribution < -0.4 is 5.32 Å². The van der Waals surface area contributed by atoms with E-state index in [-0.39, 0.29) is 5.91 Å². The highest BCUT2D eigenvalue weighted by atomic mass is 16.1. The molecule has 2 radical (unpaired) electrons. The fourth-order valence-corrected chi connectivity index (χ4v) is 0.897. The van der Waals surface area contributed by atoms with Crippen molar-refractivity contribution in [2.75, 3.05) is 0 Å². The average molecular weight is 173 g/mol. The first kappa shape index (κ1) is 9.52. The van der Waals surface area contributed by atoms with Crippen molar-refractivity contribution >= 4 is 5.91 Å². The van der Waals surface area contributed by atoms with E-state index in [2.05, 4.69) is 11.9 Å². The third-order valence-electron chi connectivity index (χ3n) is 1.63. The molecule has 1 amide bonds. The number of hydrogen-bond acceptors (Lipinski definition) is 1. The van der Waals surface area contributed by atoms with Crippen LogP contribution in [0.15, 0.2) is 36.9 Å². The standard InChI is InChI=1S/C11H11NO/c1-3-11(13)12-8-10-6-4-9(2)5-7-10/h2-7H,1,8H2,(H,12,13). The van der Waals surface area contributed by atoms with Crippen LogP contribution >= 0.6 is 0 Å². The quantitative estimate of drug-likeness (QED) is 0.690. The van der Waals surface area contributed by atoms with Gasteiger partial charge in [0.05, 0.1) is 0 Å². The molecule has 0 saturated carbocycles. The van der Waals surface area contributed by atoms with Gasteiger partial charge in [0.2, 0.25) is 5.91 Å². The van der Waals surface area contributed by atoms with E-state index in [1.807, 2.05) is 12.1 Å².